The van der Waals surface area contributed by atoms with Crippen LogP contribution >= 0.6 is 11.6 Å². The van der Waals surface area contributed by atoms with Gasteiger partial charge in [0.2, 0.25) is 5.95 Å². The van der Waals surface area contributed by atoms with Crippen LogP contribution in [0.2, 0.25) is 5.02 Å². The zero-order valence-corrected chi connectivity index (χ0v) is 9.98. The van der Waals surface area contributed by atoms with Crippen molar-refractivity contribution in [2.75, 3.05) is 11.5 Å². The van der Waals surface area contributed by atoms with E-state index in [2.05, 4.69) is 15.0 Å². The molecule has 5 N–H and O–H groups in total. The van der Waals surface area contributed by atoms with Crippen LogP contribution in [0, 0.1) is 0 Å². The molecule has 1 aromatic heterocycles. The maximum atomic E-state index is 11.5. The SMILES string of the molecule is Nc1nc(N)c(N=Cc2ccc(Cl)cc2)c(=O)[nH]1. The molecule has 2 rings (SSSR count). The second kappa shape index (κ2) is 4.89. The van der Waals surface area contributed by atoms with Gasteiger partial charge in [-0.15, -0.1) is 0 Å². The lowest BCUT2D eigenvalue weighted by atomic mass is 10.2. The van der Waals surface area contributed by atoms with Gasteiger partial charge in [-0.25, -0.2) is 4.99 Å². The van der Waals surface area contributed by atoms with Gasteiger partial charge in [0.1, 0.15) is 0 Å². The quantitative estimate of drug-likeness (QED) is 0.710. The summed E-state index contributed by atoms with van der Waals surface area (Å²) < 4.78 is 0. The fourth-order valence-electron chi connectivity index (χ4n) is 1.32. The number of nitrogen functional groups attached to an aromatic ring is 2. The minimum Gasteiger partial charge on any atom is -0.382 e. The third-order valence-corrected chi connectivity index (χ3v) is 2.40. The average Bonchev–Trinajstić information content (AvgIpc) is 2.30. The van der Waals surface area contributed by atoms with Crippen LogP contribution in [0.5, 0.6) is 0 Å². The van der Waals surface area contributed by atoms with Crippen molar-refractivity contribution < 1.29 is 0 Å². The van der Waals surface area contributed by atoms with Crippen molar-refractivity contribution >= 4 is 35.3 Å². The molecule has 7 heteroatoms. The predicted molar refractivity (Wildman–Crippen MR) is 72.4 cm³/mol. The molecule has 18 heavy (non-hydrogen) atoms. The van der Waals surface area contributed by atoms with Gasteiger partial charge in [-0.2, -0.15) is 4.98 Å². The van der Waals surface area contributed by atoms with Gasteiger partial charge in [0, 0.05) is 11.2 Å². The Morgan fingerprint density at radius 3 is 2.56 bits per heavy atom. The highest BCUT2D eigenvalue weighted by Gasteiger charge is 2.05. The molecular weight excluding hydrogens is 254 g/mol. The Labute approximate surface area is 107 Å². The van der Waals surface area contributed by atoms with E-state index in [4.69, 9.17) is 23.1 Å². The topological polar surface area (TPSA) is 110 Å². The van der Waals surface area contributed by atoms with E-state index in [-0.39, 0.29) is 17.5 Å². The Morgan fingerprint density at radius 1 is 1.28 bits per heavy atom. The molecule has 0 unspecified atom stereocenters. The van der Waals surface area contributed by atoms with Crippen LogP contribution in [0.15, 0.2) is 34.1 Å². The summed E-state index contributed by atoms with van der Waals surface area (Å²) in [4.78, 5) is 21.6. The van der Waals surface area contributed by atoms with Gasteiger partial charge < -0.3 is 11.5 Å². The van der Waals surface area contributed by atoms with Gasteiger partial charge in [-0.05, 0) is 17.7 Å². The molecule has 0 spiro atoms. The summed E-state index contributed by atoms with van der Waals surface area (Å²) in [6, 6.07) is 6.97. The van der Waals surface area contributed by atoms with Gasteiger partial charge >= 0.3 is 0 Å². The molecular formula is C11H10ClN5O. The smallest absolute Gasteiger partial charge is 0.280 e. The van der Waals surface area contributed by atoms with E-state index in [1.165, 1.54) is 6.21 Å². The lowest BCUT2D eigenvalue weighted by Gasteiger charge is -1.99. The lowest BCUT2D eigenvalue weighted by molar-refractivity contribution is 1.14. The number of halogens is 1. The molecule has 92 valence electrons. The number of aliphatic imine (C=N–C) groups is 1. The van der Waals surface area contributed by atoms with Gasteiger partial charge in [0.05, 0.1) is 0 Å². The number of nitrogens with one attached hydrogen (secondary N) is 1. The Hall–Kier alpha value is -2.34. The van der Waals surface area contributed by atoms with Crippen molar-refractivity contribution in [1.82, 2.24) is 9.97 Å². The monoisotopic (exact) mass is 263 g/mol. The standard InChI is InChI=1S/C11H10ClN5O/c12-7-3-1-6(2-4-7)5-15-8-9(13)16-11(14)17-10(8)18/h1-5H,(H5,13,14,16,17,18). The Morgan fingerprint density at radius 2 is 1.94 bits per heavy atom. The highest BCUT2D eigenvalue weighted by atomic mass is 35.5. The van der Waals surface area contributed by atoms with Crippen LogP contribution in [-0.4, -0.2) is 16.2 Å². The zero-order valence-electron chi connectivity index (χ0n) is 9.22. The van der Waals surface area contributed by atoms with Gasteiger partial charge in [-0.1, -0.05) is 23.7 Å². The van der Waals surface area contributed by atoms with Crippen molar-refractivity contribution in [3.05, 3.63) is 45.2 Å². The van der Waals surface area contributed by atoms with Crippen LogP contribution in [0.1, 0.15) is 5.56 Å². The third-order valence-electron chi connectivity index (χ3n) is 2.15. The lowest BCUT2D eigenvalue weighted by Crippen LogP contribution is -2.13. The minimum atomic E-state index is -0.481. The van der Waals surface area contributed by atoms with Crippen LogP contribution in [0.25, 0.3) is 0 Å². The number of rotatable bonds is 2. The molecule has 6 nitrogen and oxygen atoms in total. The maximum absolute atomic E-state index is 11.5. The number of anilines is 2. The first-order valence-corrected chi connectivity index (χ1v) is 5.39. The van der Waals surface area contributed by atoms with Gasteiger partial charge in [-0.3, -0.25) is 9.78 Å². The fraction of sp³-hybridized carbons (Fsp3) is 0. The summed E-state index contributed by atoms with van der Waals surface area (Å²) in [5.74, 6) is -0.0515. The predicted octanol–water partition coefficient (Wildman–Crippen LogP) is 1.34. The van der Waals surface area contributed by atoms with Crippen molar-refractivity contribution in [3.8, 4) is 0 Å². The number of benzene rings is 1. The largest absolute Gasteiger partial charge is 0.382 e. The molecule has 2 aromatic rings. The summed E-state index contributed by atoms with van der Waals surface area (Å²) in [5, 5.41) is 0.624. The van der Waals surface area contributed by atoms with Crippen molar-refractivity contribution in [2.45, 2.75) is 0 Å². The first kappa shape index (κ1) is 12.1. The zero-order chi connectivity index (χ0) is 13.1. The third kappa shape index (κ3) is 2.67. The van der Waals surface area contributed by atoms with E-state index >= 15 is 0 Å². The number of hydrogen-bond acceptors (Lipinski definition) is 5. The molecule has 0 saturated heterocycles. The van der Waals surface area contributed by atoms with Crippen molar-refractivity contribution in [1.29, 1.82) is 0 Å². The van der Waals surface area contributed by atoms with E-state index in [1.54, 1.807) is 24.3 Å². The van der Waals surface area contributed by atoms with Gasteiger partial charge in [0.25, 0.3) is 5.56 Å². The number of aromatic nitrogens is 2. The van der Waals surface area contributed by atoms with Crippen molar-refractivity contribution in [2.24, 2.45) is 4.99 Å². The molecule has 0 amide bonds. The average molecular weight is 264 g/mol. The molecule has 0 atom stereocenters. The summed E-state index contributed by atoms with van der Waals surface area (Å²) >= 11 is 5.75. The number of H-pyrrole nitrogens is 1. The molecule has 0 bridgehead atoms. The molecule has 0 saturated carbocycles. The maximum Gasteiger partial charge on any atom is 0.280 e. The minimum absolute atomic E-state index is 0.0125. The molecule has 0 fully saturated rings. The fourth-order valence-corrected chi connectivity index (χ4v) is 1.44. The normalized spacial score (nSPS) is 10.9. The summed E-state index contributed by atoms with van der Waals surface area (Å²) in [6.07, 6.45) is 1.50. The second-order valence-corrected chi connectivity index (χ2v) is 3.93. The Balaban J connectivity index is 2.35. The highest BCUT2D eigenvalue weighted by molar-refractivity contribution is 6.30. The Kier molecular flexibility index (Phi) is 3.29. The first-order valence-electron chi connectivity index (χ1n) is 5.01. The highest BCUT2D eigenvalue weighted by Crippen LogP contribution is 2.14. The molecule has 0 aliphatic heterocycles. The van der Waals surface area contributed by atoms with E-state index < -0.39 is 5.56 Å². The van der Waals surface area contributed by atoms with Crippen LogP contribution in [0.3, 0.4) is 0 Å². The van der Waals surface area contributed by atoms with E-state index in [0.29, 0.717) is 5.02 Å². The molecule has 0 aliphatic carbocycles. The van der Waals surface area contributed by atoms with E-state index in [1.807, 2.05) is 0 Å². The molecule has 0 radical (unpaired) electrons. The summed E-state index contributed by atoms with van der Waals surface area (Å²) in [7, 11) is 0. The summed E-state index contributed by atoms with van der Waals surface area (Å²) in [5.41, 5.74) is 11.2. The molecule has 1 heterocycles. The van der Waals surface area contributed by atoms with Crippen LogP contribution in [-0.2, 0) is 0 Å². The van der Waals surface area contributed by atoms with Gasteiger partial charge in [0.15, 0.2) is 11.5 Å². The van der Waals surface area contributed by atoms with Crippen LogP contribution < -0.4 is 17.0 Å². The number of nitrogens with zero attached hydrogens (tertiary/aromatic N) is 2. The van der Waals surface area contributed by atoms with Crippen LogP contribution in [0.4, 0.5) is 17.5 Å². The van der Waals surface area contributed by atoms with E-state index in [9.17, 15) is 4.79 Å². The number of aromatic amines is 1. The number of hydrogen-bond donors (Lipinski definition) is 3. The van der Waals surface area contributed by atoms with E-state index in [0.717, 1.165) is 5.56 Å². The second-order valence-electron chi connectivity index (χ2n) is 3.49. The van der Waals surface area contributed by atoms with Crippen molar-refractivity contribution in [3.63, 3.8) is 0 Å². The Bertz CT molecular complexity index is 647. The molecule has 0 aliphatic rings. The first-order chi connectivity index (χ1) is 8.56. The number of nitrogens with two attached hydrogens (primary N) is 2. The summed E-state index contributed by atoms with van der Waals surface area (Å²) in [6.45, 7) is 0. The molecule has 1 aromatic carbocycles.